The van der Waals surface area contributed by atoms with Gasteiger partial charge in [-0.05, 0) is 18.2 Å². The third-order valence-corrected chi connectivity index (χ3v) is 2.36. The van der Waals surface area contributed by atoms with Crippen LogP contribution in [0.4, 0.5) is 10.5 Å². The van der Waals surface area contributed by atoms with Crippen LogP contribution in [-0.2, 0) is 0 Å². The number of benzene rings is 1. The Kier molecular flexibility index (Phi) is 4.58. The fraction of sp³-hybridized carbons (Fsp3) is 0.167. The first-order valence-corrected chi connectivity index (χ1v) is 5.32. The Bertz CT molecular complexity index is 523. The highest BCUT2D eigenvalue weighted by Crippen LogP contribution is 2.21. The first-order chi connectivity index (χ1) is 8.45. The Morgan fingerprint density at radius 1 is 1.56 bits per heavy atom. The van der Waals surface area contributed by atoms with Crippen LogP contribution >= 0.6 is 11.6 Å². The van der Waals surface area contributed by atoms with Crippen molar-refractivity contribution >= 4 is 29.3 Å². The van der Waals surface area contributed by atoms with Crippen LogP contribution in [0.5, 0.6) is 0 Å². The van der Waals surface area contributed by atoms with Crippen molar-refractivity contribution in [2.45, 2.75) is 0 Å². The summed E-state index contributed by atoms with van der Waals surface area (Å²) in [6.45, 7) is 0.120. The largest absolute Gasteiger partial charge is 0.478 e. The number of rotatable bonds is 3. The molecular formula is C12H11ClN2O3. The number of halogens is 1. The second kappa shape index (κ2) is 5.94. The number of carboxylic acid groups (broad SMARTS) is 1. The summed E-state index contributed by atoms with van der Waals surface area (Å²) >= 11 is 5.76. The Labute approximate surface area is 109 Å². The minimum Gasteiger partial charge on any atom is -0.478 e. The molecule has 2 amide bonds. The molecule has 0 heterocycles. The van der Waals surface area contributed by atoms with E-state index in [-0.39, 0.29) is 17.8 Å². The van der Waals surface area contributed by atoms with E-state index in [2.05, 4.69) is 11.2 Å². The molecule has 0 aromatic heterocycles. The number of anilines is 1. The molecule has 1 aromatic carbocycles. The van der Waals surface area contributed by atoms with Gasteiger partial charge in [-0.25, -0.2) is 9.59 Å². The number of nitrogens with zero attached hydrogens (tertiary/aromatic N) is 1. The van der Waals surface area contributed by atoms with E-state index in [4.69, 9.17) is 23.1 Å². The SMILES string of the molecule is C#CCN(C)C(=O)Nc1cc(Cl)ccc1C(=O)O. The number of amides is 2. The van der Waals surface area contributed by atoms with E-state index in [1.807, 2.05) is 0 Å². The molecule has 1 aromatic rings. The zero-order valence-electron chi connectivity index (χ0n) is 9.61. The fourth-order valence-corrected chi connectivity index (χ4v) is 1.40. The fourth-order valence-electron chi connectivity index (χ4n) is 1.23. The van der Waals surface area contributed by atoms with Crippen molar-refractivity contribution in [1.29, 1.82) is 0 Å². The highest BCUT2D eigenvalue weighted by atomic mass is 35.5. The van der Waals surface area contributed by atoms with Crippen molar-refractivity contribution in [1.82, 2.24) is 4.90 Å². The lowest BCUT2D eigenvalue weighted by Crippen LogP contribution is -2.32. The zero-order chi connectivity index (χ0) is 13.7. The van der Waals surface area contributed by atoms with Crippen LogP contribution in [0.2, 0.25) is 5.02 Å². The lowest BCUT2D eigenvalue weighted by atomic mass is 10.2. The molecule has 0 radical (unpaired) electrons. The first kappa shape index (κ1) is 13.9. The van der Waals surface area contributed by atoms with E-state index in [0.29, 0.717) is 5.02 Å². The van der Waals surface area contributed by atoms with E-state index >= 15 is 0 Å². The minimum absolute atomic E-state index is 0.0399. The van der Waals surface area contributed by atoms with E-state index in [1.165, 1.54) is 30.1 Å². The van der Waals surface area contributed by atoms with Crippen LogP contribution in [0.25, 0.3) is 0 Å². The summed E-state index contributed by atoms with van der Waals surface area (Å²) < 4.78 is 0. The molecule has 0 aliphatic rings. The van der Waals surface area contributed by atoms with Gasteiger partial charge in [0.25, 0.3) is 0 Å². The van der Waals surface area contributed by atoms with Crippen molar-refractivity contribution in [3.63, 3.8) is 0 Å². The second-order valence-corrected chi connectivity index (χ2v) is 3.92. The summed E-state index contributed by atoms with van der Waals surface area (Å²) in [6.07, 6.45) is 5.08. The molecule has 0 bridgehead atoms. The van der Waals surface area contributed by atoms with Crippen molar-refractivity contribution in [3.8, 4) is 12.3 Å². The number of terminal acetylenes is 1. The zero-order valence-corrected chi connectivity index (χ0v) is 10.4. The summed E-state index contributed by atoms with van der Waals surface area (Å²) in [5.41, 5.74) is 0.0886. The van der Waals surface area contributed by atoms with E-state index in [9.17, 15) is 9.59 Å². The molecule has 94 valence electrons. The number of carbonyl (C=O) groups excluding carboxylic acids is 1. The summed E-state index contributed by atoms with van der Waals surface area (Å²) in [5.74, 6) is 1.15. The van der Waals surface area contributed by atoms with Gasteiger partial charge in [0.2, 0.25) is 0 Å². The van der Waals surface area contributed by atoms with E-state index in [0.717, 1.165) is 0 Å². The summed E-state index contributed by atoms with van der Waals surface area (Å²) in [6, 6.07) is 3.62. The molecule has 0 fully saturated rings. The van der Waals surface area contributed by atoms with Gasteiger partial charge in [0.05, 0.1) is 17.8 Å². The predicted molar refractivity (Wildman–Crippen MR) is 68.9 cm³/mol. The minimum atomic E-state index is -1.15. The molecule has 0 atom stereocenters. The Morgan fingerprint density at radius 3 is 2.78 bits per heavy atom. The third-order valence-electron chi connectivity index (χ3n) is 2.13. The van der Waals surface area contributed by atoms with Crippen LogP contribution in [0.15, 0.2) is 18.2 Å². The maximum atomic E-state index is 11.7. The van der Waals surface area contributed by atoms with Crippen molar-refractivity contribution in [2.75, 3.05) is 18.9 Å². The molecule has 2 N–H and O–H groups in total. The average Bonchev–Trinajstić information content (AvgIpc) is 2.28. The topological polar surface area (TPSA) is 69.6 Å². The van der Waals surface area contributed by atoms with Gasteiger partial charge in [-0.1, -0.05) is 17.5 Å². The smallest absolute Gasteiger partial charge is 0.337 e. The number of hydrogen-bond acceptors (Lipinski definition) is 2. The number of carboxylic acids is 1. The quantitative estimate of drug-likeness (QED) is 0.824. The monoisotopic (exact) mass is 266 g/mol. The lowest BCUT2D eigenvalue weighted by Gasteiger charge is -2.16. The van der Waals surface area contributed by atoms with Crippen molar-refractivity contribution in [2.24, 2.45) is 0 Å². The van der Waals surface area contributed by atoms with Gasteiger partial charge in [0.1, 0.15) is 0 Å². The molecular weight excluding hydrogens is 256 g/mol. The molecule has 1 rings (SSSR count). The number of hydrogen-bond donors (Lipinski definition) is 2. The van der Waals surface area contributed by atoms with Gasteiger partial charge in [-0.2, -0.15) is 0 Å². The third kappa shape index (κ3) is 3.40. The van der Waals surface area contributed by atoms with Gasteiger partial charge >= 0.3 is 12.0 Å². The summed E-state index contributed by atoms with van der Waals surface area (Å²) in [5, 5.41) is 11.7. The van der Waals surface area contributed by atoms with Crippen molar-refractivity contribution in [3.05, 3.63) is 28.8 Å². The van der Waals surface area contributed by atoms with Crippen LogP contribution in [-0.4, -0.2) is 35.6 Å². The Hall–Kier alpha value is -2.19. The number of carbonyl (C=O) groups is 2. The van der Waals surface area contributed by atoms with Gasteiger partial charge in [0.15, 0.2) is 0 Å². The normalized spacial score (nSPS) is 9.39. The number of nitrogens with one attached hydrogen (secondary N) is 1. The standard InChI is InChI=1S/C12H11ClN2O3/c1-3-6-15(2)12(18)14-10-7-8(13)4-5-9(10)11(16)17/h1,4-5,7H,6H2,2H3,(H,14,18)(H,16,17). The average molecular weight is 267 g/mol. The predicted octanol–water partition coefficient (Wildman–Crippen LogP) is 2.14. The second-order valence-electron chi connectivity index (χ2n) is 3.49. The van der Waals surface area contributed by atoms with Gasteiger partial charge in [-0.15, -0.1) is 6.42 Å². The molecule has 6 heteroatoms. The molecule has 0 unspecified atom stereocenters. The van der Waals surface area contributed by atoms with Gasteiger partial charge < -0.3 is 15.3 Å². The molecule has 0 aliphatic heterocycles. The maximum Gasteiger partial charge on any atom is 0.337 e. The summed E-state index contributed by atoms with van der Waals surface area (Å²) in [4.78, 5) is 23.9. The number of urea groups is 1. The van der Waals surface area contributed by atoms with Crippen LogP contribution in [0.1, 0.15) is 10.4 Å². The molecule has 0 aliphatic carbocycles. The highest BCUT2D eigenvalue weighted by molar-refractivity contribution is 6.31. The molecule has 0 saturated carbocycles. The lowest BCUT2D eigenvalue weighted by molar-refractivity contribution is 0.0698. The van der Waals surface area contributed by atoms with Crippen molar-refractivity contribution < 1.29 is 14.7 Å². The molecule has 5 nitrogen and oxygen atoms in total. The van der Waals surface area contributed by atoms with Gasteiger partial charge in [0, 0.05) is 12.1 Å². The van der Waals surface area contributed by atoms with Crippen LogP contribution < -0.4 is 5.32 Å². The summed E-state index contributed by atoms with van der Waals surface area (Å²) in [7, 11) is 1.50. The maximum absolute atomic E-state index is 11.7. The van der Waals surface area contributed by atoms with E-state index in [1.54, 1.807) is 0 Å². The highest BCUT2D eigenvalue weighted by Gasteiger charge is 2.14. The number of aromatic carboxylic acids is 1. The Balaban J connectivity index is 2.96. The van der Waals surface area contributed by atoms with Gasteiger partial charge in [-0.3, -0.25) is 0 Å². The van der Waals surface area contributed by atoms with Crippen LogP contribution in [0.3, 0.4) is 0 Å². The Morgan fingerprint density at radius 2 is 2.22 bits per heavy atom. The molecule has 18 heavy (non-hydrogen) atoms. The first-order valence-electron chi connectivity index (χ1n) is 4.94. The molecule has 0 saturated heterocycles. The molecule has 0 spiro atoms. The van der Waals surface area contributed by atoms with Crippen LogP contribution in [0, 0.1) is 12.3 Å². The van der Waals surface area contributed by atoms with E-state index < -0.39 is 12.0 Å².